The Hall–Kier alpha value is -1.18. The number of carbonyl (C=O) groups is 1. The minimum atomic E-state index is 0.213. The molecule has 1 aromatic heterocycles. The van der Waals surface area contributed by atoms with Crippen LogP contribution in [0.4, 0.5) is 0 Å². The highest BCUT2D eigenvalue weighted by molar-refractivity contribution is 5.96. The van der Waals surface area contributed by atoms with Crippen molar-refractivity contribution in [1.82, 2.24) is 4.98 Å². The fourth-order valence-corrected chi connectivity index (χ4v) is 2.41. The molecule has 0 saturated heterocycles. The number of Topliss-reactive ketones (excluding diaryl/α,β-unsaturated/α-hetero) is 1. The second-order valence-corrected chi connectivity index (χ2v) is 4.99. The minimum absolute atomic E-state index is 0.213. The SMILES string of the molecule is Cc1cccc(C(=O)C2CCC(C)CC2)n1. The maximum atomic E-state index is 12.2. The lowest BCUT2D eigenvalue weighted by Gasteiger charge is -2.24. The van der Waals surface area contributed by atoms with E-state index in [9.17, 15) is 4.79 Å². The molecule has 0 radical (unpaired) electrons. The molecule has 1 saturated carbocycles. The highest BCUT2D eigenvalue weighted by Crippen LogP contribution is 2.30. The third-order valence-electron chi connectivity index (χ3n) is 3.53. The number of ketones is 1. The van der Waals surface area contributed by atoms with Gasteiger partial charge in [0.25, 0.3) is 0 Å². The van der Waals surface area contributed by atoms with Gasteiger partial charge in [-0.25, -0.2) is 0 Å². The number of aryl methyl sites for hydroxylation is 1. The van der Waals surface area contributed by atoms with Crippen molar-refractivity contribution in [3.8, 4) is 0 Å². The molecule has 16 heavy (non-hydrogen) atoms. The average molecular weight is 217 g/mol. The molecule has 1 heterocycles. The van der Waals surface area contributed by atoms with E-state index < -0.39 is 0 Å². The largest absolute Gasteiger partial charge is 0.292 e. The molecule has 1 aliphatic rings. The number of carbonyl (C=O) groups excluding carboxylic acids is 1. The van der Waals surface area contributed by atoms with Gasteiger partial charge in [-0.05, 0) is 37.8 Å². The van der Waals surface area contributed by atoms with Gasteiger partial charge in [0.05, 0.1) is 0 Å². The molecule has 0 aromatic carbocycles. The van der Waals surface area contributed by atoms with Crippen LogP contribution in [-0.2, 0) is 0 Å². The number of rotatable bonds is 2. The Morgan fingerprint density at radius 3 is 2.56 bits per heavy atom. The van der Waals surface area contributed by atoms with Crippen molar-refractivity contribution in [2.45, 2.75) is 39.5 Å². The smallest absolute Gasteiger partial charge is 0.184 e. The molecule has 0 aliphatic heterocycles. The summed E-state index contributed by atoms with van der Waals surface area (Å²) in [5.74, 6) is 1.25. The highest BCUT2D eigenvalue weighted by atomic mass is 16.1. The molecule has 0 N–H and O–H groups in total. The first-order valence-electron chi connectivity index (χ1n) is 6.14. The molecule has 2 nitrogen and oxygen atoms in total. The lowest BCUT2D eigenvalue weighted by atomic mass is 9.80. The summed E-state index contributed by atoms with van der Waals surface area (Å²) in [6, 6.07) is 5.69. The number of pyridine rings is 1. The van der Waals surface area contributed by atoms with Crippen LogP contribution in [0.1, 0.15) is 48.8 Å². The molecular formula is C14H19NO. The fraction of sp³-hybridized carbons (Fsp3) is 0.571. The zero-order chi connectivity index (χ0) is 11.5. The van der Waals surface area contributed by atoms with Crippen molar-refractivity contribution in [2.75, 3.05) is 0 Å². The molecule has 0 unspecified atom stereocenters. The first-order chi connectivity index (χ1) is 7.66. The van der Waals surface area contributed by atoms with Crippen molar-refractivity contribution in [2.24, 2.45) is 11.8 Å². The summed E-state index contributed by atoms with van der Waals surface area (Å²) >= 11 is 0. The Kier molecular flexibility index (Phi) is 3.37. The van der Waals surface area contributed by atoms with Gasteiger partial charge in [-0.2, -0.15) is 0 Å². The van der Waals surface area contributed by atoms with Gasteiger partial charge in [0.1, 0.15) is 5.69 Å². The molecule has 0 atom stereocenters. The Labute approximate surface area is 97.1 Å². The summed E-state index contributed by atoms with van der Waals surface area (Å²) in [6.45, 7) is 4.20. The lowest BCUT2D eigenvalue weighted by molar-refractivity contribution is 0.0870. The first-order valence-corrected chi connectivity index (χ1v) is 6.14. The average Bonchev–Trinajstić information content (AvgIpc) is 2.29. The minimum Gasteiger partial charge on any atom is -0.292 e. The second kappa shape index (κ2) is 4.77. The Morgan fingerprint density at radius 2 is 1.94 bits per heavy atom. The van der Waals surface area contributed by atoms with Crippen molar-refractivity contribution in [1.29, 1.82) is 0 Å². The molecule has 2 rings (SSSR count). The number of nitrogens with zero attached hydrogens (tertiary/aromatic N) is 1. The lowest BCUT2D eigenvalue weighted by Crippen LogP contribution is -2.21. The van der Waals surface area contributed by atoms with E-state index in [2.05, 4.69) is 11.9 Å². The van der Waals surface area contributed by atoms with Crippen LogP contribution >= 0.6 is 0 Å². The van der Waals surface area contributed by atoms with Gasteiger partial charge in [0, 0.05) is 11.6 Å². The zero-order valence-electron chi connectivity index (χ0n) is 10.1. The van der Waals surface area contributed by atoms with Crippen LogP contribution in [0.3, 0.4) is 0 Å². The Morgan fingerprint density at radius 1 is 1.25 bits per heavy atom. The Bertz CT molecular complexity index is 378. The quantitative estimate of drug-likeness (QED) is 0.711. The molecule has 0 amide bonds. The fourth-order valence-electron chi connectivity index (χ4n) is 2.41. The predicted molar refractivity (Wildman–Crippen MR) is 64.4 cm³/mol. The maximum absolute atomic E-state index is 12.2. The molecule has 1 aromatic rings. The van der Waals surface area contributed by atoms with E-state index in [4.69, 9.17) is 0 Å². The van der Waals surface area contributed by atoms with Gasteiger partial charge in [-0.15, -0.1) is 0 Å². The van der Waals surface area contributed by atoms with Crippen LogP contribution in [0.5, 0.6) is 0 Å². The summed E-state index contributed by atoms with van der Waals surface area (Å²) in [6.07, 6.45) is 4.44. The van der Waals surface area contributed by atoms with Gasteiger partial charge in [0.2, 0.25) is 0 Å². The monoisotopic (exact) mass is 217 g/mol. The summed E-state index contributed by atoms with van der Waals surface area (Å²) in [7, 11) is 0. The van der Waals surface area contributed by atoms with Crippen molar-refractivity contribution in [3.63, 3.8) is 0 Å². The number of aromatic nitrogens is 1. The van der Waals surface area contributed by atoms with Crippen molar-refractivity contribution in [3.05, 3.63) is 29.6 Å². The third kappa shape index (κ3) is 2.49. The zero-order valence-corrected chi connectivity index (χ0v) is 10.1. The summed E-state index contributed by atoms with van der Waals surface area (Å²) in [4.78, 5) is 16.5. The predicted octanol–water partition coefficient (Wildman–Crippen LogP) is 3.40. The summed E-state index contributed by atoms with van der Waals surface area (Å²) in [5.41, 5.74) is 1.58. The van der Waals surface area contributed by atoms with E-state index in [1.165, 1.54) is 12.8 Å². The number of hydrogen-bond acceptors (Lipinski definition) is 2. The molecule has 0 bridgehead atoms. The Balaban J connectivity index is 2.08. The van der Waals surface area contributed by atoms with E-state index >= 15 is 0 Å². The third-order valence-corrected chi connectivity index (χ3v) is 3.53. The maximum Gasteiger partial charge on any atom is 0.184 e. The van der Waals surface area contributed by atoms with E-state index in [0.29, 0.717) is 5.69 Å². The normalized spacial score (nSPS) is 25.4. The van der Waals surface area contributed by atoms with E-state index in [1.54, 1.807) is 0 Å². The van der Waals surface area contributed by atoms with Gasteiger partial charge >= 0.3 is 0 Å². The molecule has 0 spiro atoms. The van der Waals surface area contributed by atoms with Crippen LogP contribution in [0, 0.1) is 18.8 Å². The molecule has 2 heteroatoms. The van der Waals surface area contributed by atoms with Crippen LogP contribution in [-0.4, -0.2) is 10.8 Å². The molecule has 86 valence electrons. The van der Waals surface area contributed by atoms with Crippen LogP contribution in [0.25, 0.3) is 0 Å². The van der Waals surface area contributed by atoms with E-state index in [0.717, 1.165) is 24.5 Å². The molecule has 1 aliphatic carbocycles. The van der Waals surface area contributed by atoms with Crippen LogP contribution in [0.15, 0.2) is 18.2 Å². The van der Waals surface area contributed by atoms with Gasteiger partial charge in [-0.3, -0.25) is 9.78 Å². The molecule has 1 fully saturated rings. The van der Waals surface area contributed by atoms with Crippen molar-refractivity contribution < 1.29 is 4.79 Å². The summed E-state index contributed by atoms with van der Waals surface area (Å²) < 4.78 is 0. The van der Waals surface area contributed by atoms with E-state index in [1.807, 2.05) is 25.1 Å². The van der Waals surface area contributed by atoms with Gasteiger partial charge in [-0.1, -0.05) is 25.8 Å². The van der Waals surface area contributed by atoms with Crippen LogP contribution < -0.4 is 0 Å². The highest BCUT2D eigenvalue weighted by Gasteiger charge is 2.25. The molecular weight excluding hydrogens is 198 g/mol. The summed E-state index contributed by atoms with van der Waals surface area (Å²) in [5, 5.41) is 0. The standard InChI is InChI=1S/C14H19NO/c1-10-6-8-12(9-7-10)14(16)13-5-3-4-11(2)15-13/h3-5,10,12H,6-9H2,1-2H3. The van der Waals surface area contributed by atoms with Crippen LogP contribution in [0.2, 0.25) is 0 Å². The second-order valence-electron chi connectivity index (χ2n) is 4.99. The number of hydrogen-bond donors (Lipinski definition) is 0. The van der Waals surface area contributed by atoms with Crippen molar-refractivity contribution >= 4 is 5.78 Å². The van der Waals surface area contributed by atoms with Gasteiger partial charge in [0.15, 0.2) is 5.78 Å². The topological polar surface area (TPSA) is 30.0 Å². The van der Waals surface area contributed by atoms with Gasteiger partial charge < -0.3 is 0 Å². The first kappa shape index (κ1) is 11.3. The van der Waals surface area contributed by atoms with E-state index in [-0.39, 0.29) is 11.7 Å².